The van der Waals surface area contributed by atoms with Crippen molar-refractivity contribution >= 4 is 17.5 Å². The normalized spacial score (nSPS) is 15.9. The van der Waals surface area contributed by atoms with Crippen LogP contribution >= 0.6 is 11.6 Å². The van der Waals surface area contributed by atoms with Gasteiger partial charge < -0.3 is 14.8 Å². The van der Waals surface area contributed by atoms with Gasteiger partial charge in [-0.3, -0.25) is 9.69 Å². The molecule has 1 aliphatic rings. The summed E-state index contributed by atoms with van der Waals surface area (Å²) in [6.45, 7) is 0.473. The molecule has 1 atom stereocenters. The number of carbonyl (C=O) groups excluding carboxylic acids is 1. The van der Waals surface area contributed by atoms with E-state index in [1.165, 1.54) is 12.1 Å². The molecule has 0 saturated carbocycles. The van der Waals surface area contributed by atoms with Gasteiger partial charge in [-0.2, -0.15) is 8.78 Å². The molecule has 0 bridgehead atoms. The van der Waals surface area contributed by atoms with Crippen LogP contribution in [-0.2, 0) is 16.0 Å². The van der Waals surface area contributed by atoms with Crippen LogP contribution in [0.4, 0.5) is 8.78 Å². The Morgan fingerprint density at radius 2 is 1.76 bits per heavy atom. The summed E-state index contributed by atoms with van der Waals surface area (Å²) < 4.78 is 34.2. The second kappa shape index (κ2) is 10.5. The predicted molar refractivity (Wildman–Crippen MR) is 106 cm³/mol. The van der Waals surface area contributed by atoms with E-state index in [0.29, 0.717) is 24.8 Å². The smallest absolute Gasteiger partial charge is 0.387 e. The number of hydrogen-bond donors (Lipinski definition) is 1. The molecule has 0 aromatic heterocycles. The molecule has 3 rings (SSSR count). The number of alkyl halides is 2. The van der Waals surface area contributed by atoms with Crippen LogP contribution in [0.25, 0.3) is 0 Å². The van der Waals surface area contributed by atoms with Crippen LogP contribution in [0.5, 0.6) is 5.75 Å². The molecule has 2 aromatic carbocycles. The molecule has 0 spiro atoms. The molecule has 0 radical (unpaired) electrons. The van der Waals surface area contributed by atoms with Crippen molar-refractivity contribution in [3.8, 4) is 5.75 Å². The van der Waals surface area contributed by atoms with Crippen molar-refractivity contribution in [1.82, 2.24) is 10.2 Å². The maximum atomic E-state index is 12.4. The Bertz CT molecular complexity index is 782. The minimum Gasteiger partial charge on any atom is -0.435 e. The van der Waals surface area contributed by atoms with Crippen molar-refractivity contribution in [3.05, 3.63) is 64.7 Å². The topological polar surface area (TPSA) is 50.8 Å². The zero-order valence-corrected chi connectivity index (χ0v) is 16.6. The fourth-order valence-electron chi connectivity index (χ4n) is 3.28. The number of nitrogens with zero attached hydrogens (tertiary/aromatic N) is 1. The summed E-state index contributed by atoms with van der Waals surface area (Å²) in [6, 6.07) is 13.7. The van der Waals surface area contributed by atoms with Gasteiger partial charge >= 0.3 is 6.61 Å². The molecule has 8 heteroatoms. The number of rotatable bonds is 8. The molecule has 1 saturated heterocycles. The quantitative estimate of drug-likeness (QED) is 0.702. The van der Waals surface area contributed by atoms with Gasteiger partial charge in [-0.05, 0) is 35.4 Å². The minimum absolute atomic E-state index is 0.0157. The highest BCUT2D eigenvalue weighted by molar-refractivity contribution is 6.30. The molecule has 1 unspecified atom stereocenters. The summed E-state index contributed by atoms with van der Waals surface area (Å²) in [5, 5.41) is 3.65. The predicted octanol–water partition coefficient (Wildman–Crippen LogP) is 3.67. The van der Waals surface area contributed by atoms with E-state index in [2.05, 4.69) is 15.0 Å². The molecular weight excluding hydrogens is 402 g/mol. The number of carbonyl (C=O) groups is 1. The van der Waals surface area contributed by atoms with Gasteiger partial charge in [0, 0.05) is 24.7 Å². The van der Waals surface area contributed by atoms with E-state index in [1.54, 1.807) is 12.1 Å². The number of halogens is 3. The number of ether oxygens (including phenoxy) is 2. The van der Waals surface area contributed by atoms with Gasteiger partial charge in [-0.1, -0.05) is 35.9 Å². The van der Waals surface area contributed by atoms with Gasteiger partial charge in [-0.15, -0.1) is 0 Å². The first kappa shape index (κ1) is 21.5. The van der Waals surface area contributed by atoms with E-state index in [4.69, 9.17) is 16.3 Å². The highest BCUT2D eigenvalue weighted by Gasteiger charge is 2.23. The van der Waals surface area contributed by atoms with Crippen LogP contribution in [-0.4, -0.2) is 50.3 Å². The maximum absolute atomic E-state index is 12.4. The Kier molecular flexibility index (Phi) is 7.80. The van der Waals surface area contributed by atoms with Crippen molar-refractivity contribution in [3.63, 3.8) is 0 Å². The maximum Gasteiger partial charge on any atom is 0.387 e. The van der Waals surface area contributed by atoms with Gasteiger partial charge in [0.2, 0.25) is 5.91 Å². The molecule has 156 valence electrons. The lowest BCUT2D eigenvalue weighted by molar-refractivity contribution is -0.120. The van der Waals surface area contributed by atoms with Crippen LogP contribution in [0, 0.1) is 0 Å². The molecule has 29 heavy (non-hydrogen) atoms. The molecule has 1 N–H and O–H groups in total. The van der Waals surface area contributed by atoms with E-state index in [1.807, 2.05) is 24.3 Å². The first-order valence-electron chi connectivity index (χ1n) is 9.39. The van der Waals surface area contributed by atoms with E-state index in [0.717, 1.165) is 24.2 Å². The van der Waals surface area contributed by atoms with Crippen molar-refractivity contribution < 1.29 is 23.0 Å². The van der Waals surface area contributed by atoms with Crippen molar-refractivity contribution in [2.75, 3.05) is 32.8 Å². The average molecular weight is 425 g/mol. The fraction of sp³-hybridized carbons (Fsp3) is 0.381. The number of benzene rings is 2. The van der Waals surface area contributed by atoms with Gasteiger partial charge in [0.05, 0.1) is 25.7 Å². The standard InChI is InChI=1S/C21H23ClF2N2O3/c22-17-5-3-16(4-6-17)19(26-9-11-28-12-10-26)14-25-20(27)13-15-1-7-18(8-2-15)29-21(23)24/h1-8,19,21H,9-14H2,(H,25,27). The lowest BCUT2D eigenvalue weighted by Gasteiger charge is -2.35. The molecular formula is C21H23ClF2N2O3. The summed E-state index contributed by atoms with van der Waals surface area (Å²) in [5.41, 5.74) is 1.80. The Labute approximate surface area is 173 Å². The first-order valence-corrected chi connectivity index (χ1v) is 9.77. The molecule has 1 heterocycles. The summed E-state index contributed by atoms with van der Waals surface area (Å²) in [5.74, 6) is -0.0703. The average Bonchev–Trinajstić information content (AvgIpc) is 2.71. The van der Waals surface area contributed by atoms with Crippen LogP contribution < -0.4 is 10.1 Å². The summed E-state index contributed by atoms with van der Waals surface area (Å²) in [7, 11) is 0. The molecule has 1 fully saturated rings. The largest absolute Gasteiger partial charge is 0.435 e. The van der Waals surface area contributed by atoms with Crippen molar-refractivity contribution in [2.24, 2.45) is 0 Å². The Hall–Kier alpha value is -2.22. The Morgan fingerprint density at radius 3 is 2.38 bits per heavy atom. The number of hydrogen-bond acceptors (Lipinski definition) is 4. The monoisotopic (exact) mass is 424 g/mol. The number of nitrogens with one attached hydrogen (secondary N) is 1. The Balaban J connectivity index is 1.59. The second-order valence-corrected chi connectivity index (χ2v) is 7.16. The first-order chi connectivity index (χ1) is 14.0. The zero-order chi connectivity index (χ0) is 20.6. The van der Waals surface area contributed by atoms with E-state index < -0.39 is 6.61 Å². The zero-order valence-electron chi connectivity index (χ0n) is 15.8. The Morgan fingerprint density at radius 1 is 1.10 bits per heavy atom. The van der Waals surface area contributed by atoms with Crippen LogP contribution in [0.15, 0.2) is 48.5 Å². The third-order valence-corrected chi connectivity index (χ3v) is 5.00. The van der Waals surface area contributed by atoms with Gasteiger partial charge in [0.15, 0.2) is 0 Å². The highest BCUT2D eigenvalue weighted by Crippen LogP contribution is 2.23. The van der Waals surface area contributed by atoms with Gasteiger partial charge in [-0.25, -0.2) is 0 Å². The van der Waals surface area contributed by atoms with Crippen LogP contribution in [0.2, 0.25) is 5.02 Å². The van der Waals surface area contributed by atoms with E-state index >= 15 is 0 Å². The fourth-order valence-corrected chi connectivity index (χ4v) is 3.40. The SMILES string of the molecule is O=C(Cc1ccc(OC(F)F)cc1)NCC(c1ccc(Cl)cc1)N1CCOCC1. The summed E-state index contributed by atoms with van der Waals surface area (Å²) >= 11 is 6.00. The third kappa shape index (κ3) is 6.66. The third-order valence-electron chi connectivity index (χ3n) is 4.75. The molecule has 1 amide bonds. The van der Waals surface area contributed by atoms with Crippen molar-refractivity contribution in [2.45, 2.75) is 19.1 Å². The second-order valence-electron chi connectivity index (χ2n) is 6.72. The molecule has 0 aliphatic carbocycles. The summed E-state index contributed by atoms with van der Waals surface area (Å²) in [4.78, 5) is 14.7. The van der Waals surface area contributed by atoms with Crippen molar-refractivity contribution in [1.29, 1.82) is 0 Å². The highest BCUT2D eigenvalue weighted by atomic mass is 35.5. The van der Waals surface area contributed by atoms with E-state index in [9.17, 15) is 13.6 Å². The van der Waals surface area contributed by atoms with Gasteiger partial charge in [0.25, 0.3) is 0 Å². The minimum atomic E-state index is -2.87. The van der Waals surface area contributed by atoms with Crippen LogP contribution in [0.1, 0.15) is 17.2 Å². The van der Waals surface area contributed by atoms with Gasteiger partial charge in [0.1, 0.15) is 5.75 Å². The van der Waals surface area contributed by atoms with E-state index in [-0.39, 0.29) is 24.1 Å². The van der Waals surface area contributed by atoms with Crippen LogP contribution in [0.3, 0.4) is 0 Å². The number of morpholine rings is 1. The lowest BCUT2D eigenvalue weighted by Crippen LogP contribution is -2.44. The molecule has 2 aromatic rings. The molecule has 1 aliphatic heterocycles. The molecule has 5 nitrogen and oxygen atoms in total. The number of amides is 1. The summed E-state index contributed by atoms with van der Waals surface area (Å²) in [6.07, 6.45) is 0.158. The lowest BCUT2D eigenvalue weighted by atomic mass is 10.0.